The van der Waals surface area contributed by atoms with Crippen LogP contribution in [0.3, 0.4) is 0 Å². The Labute approximate surface area is 72.2 Å². The highest BCUT2D eigenvalue weighted by molar-refractivity contribution is 5.56. The molecule has 0 radical (unpaired) electrons. The van der Waals surface area contributed by atoms with Gasteiger partial charge in [0.15, 0.2) is 5.82 Å². The molecular formula is C7H7F3N2O. The summed E-state index contributed by atoms with van der Waals surface area (Å²) in [4.78, 5) is 3.18. The fraction of sp³-hybridized carbons (Fsp3) is 0.429. The maximum Gasteiger partial charge on any atom is 0.471 e. The highest BCUT2D eigenvalue weighted by Crippen LogP contribution is 2.28. The molecule has 0 bridgehead atoms. The molecule has 1 heterocycles. The van der Waals surface area contributed by atoms with E-state index >= 15 is 0 Å². The van der Waals surface area contributed by atoms with Crippen molar-refractivity contribution in [2.75, 3.05) is 0 Å². The summed E-state index contributed by atoms with van der Waals surface area (Å²) in [6.07, 6.45) is -2.97. The van der Waals surface area contributed by atoms with Gasteiger partial charge in [0.2, 0.25) is 0 Å². The Kier molecular flexibility index (Phi) is 2.40. The second-order valence-corrected chi connectivity index (χ2v) is 2.39. The SMILES string of the molecule is CC=C(C)c1noc(C(F)(F)F)n1. The Morgan fingerprint density at radius 3 is 2.46 bits per heavy atom. The van der Waals surface area contributed by atoms with Crippen molar-refractivity contribution in [3.05, 3.63) is 17.8 Å². The van der Waals surface area contributed by atoms with Gasteiger partial charge in [-0.25, -0.2) is 0 Å². The zero-order chi connectivity index (χ0) is 10.1. The van der Waals surface area contributed by atoms with Crippen molar-refractivity contribution in [3.63, 3.8) is 0 Å². The van der Waals surface area contributed by atoms with Gasteiger partial charge < -0.3 is 4.52 Å². The molecule has 1 rings (SSSR count). The van der Waals surface area contributed by atoms with Crippen molar-refractivity contribution in [1.82, 2.24) is 10.1 Å². The van der Waals surface area contributed by atoms with Gasteiger partial charge in [0, 0.05) is 0 Å². The highest BCUT2D eigenvalue weighted by atomic mass is 19.4. The van der Waals surface area contributed by atoms with Crippen LogP contribution in [0.15, 0.2) is 10.6 Å². The molecule has 0 aromatic carbocycles. The van der Waals surface area contributed by atoms with Crippen molar-refractivity contribution in [2.45, 2.75) is 20.0 Å². The van der Waals surface area contributed by atoms with Gasteiger partial charge in [-0.15, -0.1) is 0 Å². The summed E-state index contributed by atoms with van der Waals surface area (Å²) >= 11 is 0. The number of rotatable bonds is 1. The third-order valence-electron chi connectivity index (χ3n) is 1.45. The van der Waals surface area contributed by atoms with E-state index in [0.29, 0.717) is 5.57 Å². The van der Waals surface area contributed by atoms with Crippen molar-refractivity contribution < 1.29 is 17.7 Å². The first-order valence-corrected chi connectivity index (χ1v) is 3.49. The van der Waals surface area contributed by atoms with E-state index in [1.54, 1.807) is 19.9 Å². The van der Waals surface area contributed by atoms with Gasteiger partial charge >= 0.3 is 12.1 Å². The van der Waals surface area contributed by atoms with E-state index in [0.717, 1.165) is 0 Å². The van der Waals surface area contributed by atoms with Gasteiger partial charge in [-0.3, -0.25) is 0 Å². The third kappa shape index (κ3) is 2.07. The fourth-order valence-electron chi connectivity index (χ4n) is 0.628. The molecule has 3 nitrogen and oxygen atoms in total. The number of hydrogen-bond acceptors (Lipinski definition) is 3. The molecule has 72 valence electrons. The van der Waals surface area contributed by atoms with Crippen LogP contribution in [-0.4, -0.2) is 10.1 Å². The third-order valence-corrected chi connectivity index (χ3v) is 1.45. The van der Waals surface area contributed by atoms with Crippen LogP contribution in [0.2, 0.25) is 0 Å². The summed E-state index contributed by atoms with van der Waals surface area (Å²) in [7, 11) is 0. The smallest absolute Gasteiger partial charge is 0.329 e. The molecule has 0 N–H and O–H groups in total. The van der Waals surface area contributed by atoms with E-state index in [4.69, 9.17) is 0 Å². The molecule has 0 atom stereocenters. The minimum atomic E-state index is -4.57. The molecule has 0 unspecified atom stereocenters. The molecule has 6 heteroatoms. The maximum atomic E-state index is 12.0. The first-order valence-electron chi connectivity index (χ1n) is 3.49. The second kappa shape index (κ2) is 3.20. The molecule has 0 fully saturated rings. The molecule has 1 aromatic heterocycles. The molecule has 0 aliphatic heterocycles. The van der Waals surface area contributed by atoms with E-state index in [1.165, 1.54) is 0 Å². The lowest BCUT2D eigenvalue weighted by Gasteiger charge is -1.95. The predicted octanol–water partition coefficient (Wildman–Crippen LogP) is 2.51. The standard InChI is InChI=1S/C7H7F3N2O/c1-3-4(2)5-11-6(13-12-5)7(8,9)10/h3H,1-2H3. The molecule has 0 spiro atoms. The van der Waals surface area contributed by atoms with E-state index in [2.05, 4.69) is 14.7 Å². The van der Waals surface area contributed by atoms with Crippen LogP contribution in [0.4, 0.5) is 13.2 Å². The lowest BCUT2D eigenvalue weighted by Crippen LogP contribution is -2.05. The van der Waals surface area contributed by atoms with Crippen LogP contribution in [0.25, 0.3) is 5.57 Å². The summed E-state index contributed by atoms with van der Waals surface area (Å²) in [5, 5.41) is 3.18. The first kappa shape index (κ1) is 9.76. The molecule has 0 amide bonds. The lowest BCUT2D eigenvalue weighted by molar-refractivity contribution is -0.159. The zero-order valence-electron chi connectivity index (χ0n) is 7.01. The fourth-order valence-corrected chi connectivity index (χ4v) is 0.628. The molecule has 0 saturated heterocycles. The minimum absolute atomic E-state index is 0.0326. The average molecular weight is 192 g/mol. The van der Waals surface area contributed by atoms with E-state index in [9.17, 15) is 13.2 Å². The van der Waals surface area contributed by atoms with E-state index in [-0.39, 0.29) is 5.82 Å². The molecule has 1 aromatic rings. The molecule has 13 heavy (non-hydrogen) atoms. The van der Waals surface area contributed by atoms with Crippen molar-refractivity contribution in [1.29, 1.82) is 0 Å². The van der Waals surface area contributed by atoms with Crippen LogP contribution >= 0.6 is 0 Å². The molecule has 0 aliphatic carbocycles. The predicted molar refractivity (Wildman–Crippen MR) is 38.6 cm³/mol. The van der Waals surface area contributed by atoms with Crippen LogP contribution in [0.5, 0.6) is 0 Å². The van der Waals surface area contributed by atoms with Crippen LogP contribution in [-0.2, 0) is 6.18 Å². The van der Waals surface area contributed by atoms with Crippen LogP contribution in [0.1, 0.15) is 25.6 Å². The summed E-state index contributed by atoms with van der Waals surface area (Å²) in [5.74, 6) is -1.35. The quantitative estimate of drug-likeness (QED) is 0.686. The largest absolute Gasteiger partial charge is 0.471 e. The van der Waals surface area contributed by atoms with Gasteiger partial charge in [0.25, 0.3) is 0 Å². The number of nitrogens with zero attached hydrogens (tertiary/aromatic N) is 2. The van der Waals surface area contributed by atoms with Crippen molar-refractivity contribution in [2.24, 2.45) is 0 Å². The number of halogens is 3. The van der Waals surface area contributed by atoms with E-state index in [1.807, 2.05) is 0 Å². The number of allylic oxidation sites excluding steroid dienone is 2. The van der Waals surface area contributed by atoms with Gasteiger partial charge in [-0.2, -0.15) is 18.2 Å². The van der Waals surface area contributed by atoms with Gasteiger partial charge in [0.1, 0.15) is 0 Å². The summed E-state index contributed by atoms with van der Waals surface area (Å²) in [6.45, 7) is 3.28. The maximum absolute atomic E-state index is 12.0. The van der Waals surface area contributed by atoms with Crippen LogP contribution < -0.4 is 0 Å². The number of aromatic nitrogens is 2. The Bertz CT molecular complexity index is 327. The van der Waals surface area contributed by atoms with Crippen LogP contribution in [0, 0.1) is 0 Å². The topological polar surface area (TPSA) is 38.9 Å². The normalized spacial score (nSPS) is 13.5. The molecule has 0 saturated carbocycles. The Morgan fingerprint density at radius 1 is 1.46 bits per heavy atom. The van der Waals surface area contributed by atoms with Crippen molar-refractivity contribution >= 4 is 5.57 Å². The Hall–Kier alpha value is -1.33. The van der Waals surface area contributed by atoms with Crippen molar-refractivity contribution in [3.8, 4) is 0 Å². The van der Waals surface area contributed by atoms with Gasteiger partial charge in [-0.05, 0) is 19.4 Å². The average Bonchev–Trinajstić information content (AvgIpc) is 2.50. The lowest BCUT2D eigenvalue weighted by atomic mass is 10.3. The molecular weight excluding hydrogens is 185 g/mol. The summed E-state index contributed by atoms with van der Waals surface area (Å²) in [6, 6.07) is 0. The first-order chi connectivity index (χ1) is 5.95. The van der Waals surface area contributed by atoms with E-state index < -0.39 is 12.1 Å². The monoisotopic (exact) mass is 192 g/mol. The van der Waals surface area contributed by atoms with Gasteiger partial charge in [-0.1, -0.05) is 11.2 Å². The minimum Gasteiger partial charge on any atom is -0.329 e. The zero-order valence-corrected chi connectivity index (χ0v) is 7.01. The molecule has 0 aliphatic rings. The number of alkyl halides is 3. The second-order valence-electron chi connectivity index (χ2n) is 2.39. The Balaban J connectivity index is 3.00. The number of hydrogen-bond donors (Lipinski definition) is 0. The highest BCUT2D eigenvalue weighted by Gasteiger charge is 2.38. The van der Waals surface area contributed by atoms with Gasteiger partial charge in [0.05, 0.1) is 0 Å². The summed E-state index contributed by atoms with van der Waals surface area (Å²) in [5.41, 5.74) is 0.541. The Morgan fingerprint density at radius 2 is 2.08 bits per heavy atom. The summed E-state index contributed by atoms with van der Waals surface area (Å²) < 4.78 is 39.9.